The minimum Gasteiger partial charge on any atom is -0.493 e. The van der Waals surface area contributed by atoms with Crippen LogP contribution in [0.1, 0.15) is 30.9 Å². The second kappa shape index (κ2) is 11.9. The van der Waals surface area contributed by atoms with Crippen molar-refractivity contribution in [1.82, 2.24) is 15.1 Å². The average molecular weight is 458 g/mol. The standard InChI is InChI=1S/C25H32ClN3O3/c1-28(2)23(21-10-6-7-11-22(21)26)18-27-25(31)19-12-15-29(16-13-19)24(30)14-17-32-20-8-4-3-5-9-20/h3-11,19,23H,12-18H2,1-2H3,(H,27,31). The lowest BCUT2D eigenvalue weighted by molar-refractivity contribution is -0.136. The predicted octanol–water partition coefficient (Wildman–Crippen LogP) is 3.77. The number of carbonyl (C=O) groups excluding carboxylic acids is 2. The van der Waals surface area contributed by atoms with Gasteiger partial charge in [0.05, 0.1) is 19.1 Å². The molecular weight excluding hydrogens is 426 g/mol. The molecule has 0 saturated carbocycles. The van der Waals surface area contributed by atoms with Crippen LogP contribution in [0.25, 0.3) is 0 Å². The molecule has 1 fully saturated rings. The van der Waals surface area contributed by atoms with Crippen molar-refractivity contribution < 1.29 is 14.3 Å². The first-order valence-corrected chi connectivity index (χ1v) is 11.5. The monoisotopic (exact) mass is 457 g/mol. The van der Waals surface area contributed by atoms with Gasteiger partial charge in [-0.3, -0.25) is 9.59 Å². The Hall–Kier alpha value is -2.57. The van der Waals surface area contributed by atoms with Crippen LogP contribution in [0.4, 0.5) is 0 Å². The maximum absolute atomic E-state index is 12.8. The largest absolute Gasteiger partial charge is 0.493 e. The molecular formula is C25H32ClN3O3. The van der Waals surface area contributed by atoms with Crippen LogP contribution in [0.3, 0.4) is 0 Å². The van der Waals surface area contributed by atoms with E-state index in [0.29, 0.717) is 50.5 Å². The maximum Gasteiger partial charge on any atom is 0.225 e. The van der Waals surface area contributed by atoms with Gasteiger partial charge >= 0.3 is 0 Å². The van der Waals surface area contributed by atoms with Gasteiger partial charge in [-0.25, -0.2) is 0 Å². The van der Waals surface area contributed by atoms with Crippen molar-refractivity contribution in [2.45, 2.75) is 25.3 Å². The van der Waals surface area contributed by atoms with Gasteiger partial charge in [0.25, 0.3) is 0 Å². The summed E-state index contributed by atoms with van der Waals surface area (Å²) < 4.78 is 5.62. The van der Waals surface area contributed by atoms with Crippen molar-refractivity contribution in [3.8, 4) is 5.75 Å². The lowest BCUT2D eigenvalue weighted by Crippen LogP contribution is -2.44. The lowest BCUT2D eigenvalue weighted by atomic mass is 9.95. The Labute approximate surface area is 195 Å². The summed E-state index contributed by atoms with van der Waals surface area (Å²) in [4.78, 5) is 29.1. The Bertz CT molecular complexity index is 883. The first kappa shape index (κ1) is 24.1. The molecule has 1 saturated heterocycles. The van der Waals surface area contributed by atoms with Gasteiger partial charge in [0, 0.05) is 30.6 Å². The molecule has 2 amide bonds. The maximum atomic E-state index is 12.8. The molecule has 2 aromatic rings. The molecule has 172 valence electrons. The van der Waals surface area contributed by atoms with E-state index in [4.69, 9.17) is 16.3 Å². The zero-order chi connectivity index (χ0) is 22.9. The van der Waals surface area contributed by atoms with E-state index in [1.165, 1.54) is 0 Å². The fourth-order valence-corrected chi connectivity index (χ4v) is 4.24. The summed E-state index contributed by atoms with van der Waals surface area (Å²) in [6, 6.07) is 17.2. The highest BCUT2D eigenvalue weighted by Crippen LogP contribution is 2.26. The number of likely N-dealkylation sites (tertiary alicyclic amines) is 1. The number of likely N-dealkylation sites (N-methyl/N-ethyl adjacent to an activating group) is 1. The number of nitrogens with one attached hydrogen (secondary N) is 1. The third-order valence-electron chi connectivity index (χ3n) is 5.90. The van der Waals surface area contributed by atoms with Gasteiger partial charge in [0.2, 0.25) is 11.8 Å². The molecule has 1 heterocycles. The van der Waals surface area contributed by atoms with Crippen LogP contribution in [0.5, 0.6) is 5.75 Å². The van der Waals surface area contributed by atoms with Gasteiger partial charge in [0.1, 0.15) is 5.75 Å². The summed E-state index contributed by atoms with van der Waals surface area (Å²) in [5, 5.41) is 3.79. The molecule has 6 nitrogen and oxygen atoms in total. The first-order valence-electron chi connectivity index (χ1n) is 11.1. The molecule has 0 spiro atoms. The Morgan fingerprint density at radius 3 is 2.41 bits per heavy atom. The number of carbonyl (C=O) groups is 2. The normalized spacial score (nSPS) is 15.4. The number of para-hydroxylation sites is 1. The van der Waals surface area contributed by atoms with Gasteiger partial charge < -0.3 is 19.9 Å². The number of amides is 2. The molecule has 1 aliphatic heterocycles. The van der Waals surface area contributed by atoms with E-state index in [-0.39, 0.29) is 23.8 Å². The molecule has 3 rings (SSSR count). The molecule has 0 aliphatic carbocycles. The summed E-state index contributed by atoms with van der Waals surface area (Å²) in [6.45, 7) is 2.05. The van der Waals surface area contributed by atoms with Gasteiger partial charge in [-0.2, -0.15) is 0 Å². The van der Waals surface area contributed by atoms with Crippen LogP contribution in [-0.2, 0) is 9.59 Å². The highest BCUT2D eigenvalue weighted by molar-refractivity contribution is 6.31. The topological polar surface area (TPSA) is 61.9 Å². The van der Waals surface area contributed by atoms with Crippen molar-refractivity contribution in [2.75, 3.05) is 40.3 Å². The molecule has 32 heavy (non-hydrogen) atoms. The van der Waals surface area contributed by atoms with Crippen LogP contribution in [0, 0.1) is 5.92 Å². The van der Waals surface area contributed by atoms with Crippen molar-refractivity contribution in [3.63, 3.8) is 0 Å². The summed E-state index contributed by atoms with van der Waals surface area (Å²) in [5.74, 6) is 0.812. The second-order valence-electron chi connectivity index (χ2n) is 8.31. The number of ether oxygens (including phenoxy) is 1. The number of hydrogen-bond acceptors (Lipinski definition) is 4. The molecule has 0 aromatic heterocycles. The summed E-state index contributed by atoms with van der Waals surface area (Å²) in [5.41, 5.74) is 0.998. The number of nitrogens with zero attached hydrogens (tertiary/aromatic N) is 2. The van der Waals surface area contributed by atoms with Crippen LogP contribution >= 0.6 is 11.6 Å². The summed E-state index contributed by atoms with van der Waals surface area (Å²) in [7, 11) is 3.96. The highest BCUT2D eigenvalue weighted by Gasteiger charge is 2.28. The van der Waals surface area contributed by atoms with Crippen LogP contribution in [0.2, 0.25) is 5.02 Å². The minimum atomic E-state index is -0.0753. The van der Waals surface area contributed by atoms with E-state index in [0.717, 1.165) is 11.3 Å². The third kappa shape index (κ3) is 6.71. The quantitative estimate of drug-likeness (QED) is 0.622. The molecule has 7 heteroatoms. The SMILES string of the molecule is CN(C)C(CNC(=O)C1CCN(C(=O)CCOc2ccccc2)CC1)c1ccccc1Cl. The molecule has 2 aromatic carbocycles. The molecule has 1 N–H and O–H groups in total. The summed E-state index contributed by atoms with van der Waals surface area (Å²) in [6.07, 6.45) is 1.69. The van der Waals surface area contributed by atoms with E-state index in [2.05, 4.69) is 10.2 Å². The Kier molecular flexibility index (Phi) is 8.94. The number of hydrogen-bond donors (Lipinski definition) is 1. The minimum absolute atomic E-state index is 0.000989. The van der Waals surface area contributed by atoms with E-state index in [1.54, 1.807) is 0 Å². The van der Waals surface area contributed by atoms with Gasteiger partial charge in [0.15, 0.2) is 0 Å². The number of benzene rings is 2. The van der Waals surface area contributed by atoms with Gasteiger partial charge in [-0.15, -0.1) is 0 Å². The number of piperidine rings is 1. The lowest BCUT2D eigenvalue weighted by Gasteiger charge is -2.32. The van der Waals surface area contributed by atoms with Crippen LogP contribution in [0.15, 0.2) is 54.6 Å². The van der Waals surface area contributed by atoms with Crippen LogP contribution in [-0.4, -0.2) is 62.0 Å². The smallest absolute Gasteiger partial charge is 0.225 e. The van der Waals surface area contributed by atoms with E-state index in [9.17, 15) is 9.59 Å². The second-order valence-corrected chi connectivity index (χ2v) is 8.72. The number of halogens is 1. The fraction of sp³-hybridized carbons (Fsp3) is 0.440. The molecule has 1 unspecified atom stereocenters. The van der Waals surface area contributed by atoms with Crippen molar-refractivity contribution in [3.05, 3.63) is 65.2 Å². The fourth-order valence-electron chi connectivity index (χ4n) is 3.98. The molecule has 1 aliphatic rings. The number of rotatable bonds is 9. The average Bonchev–Trinajstić information content (AvgIpc) is 2.80. The third-order valence-corrected chi connectivity index (χ3v) is 6.25. The highest BCUT2D eigenvalue weighted by atomic mass is 35.5. The van der Waals surface area contributed by atoms with E-state index < -0.39 is 0 Å². The van der Waals surface area contributed by atoms with E-state index >= 15 is 0 Å². The van der Waals surface area contributed by atoms with Crippen molar-refractivity contribution >= 4 is 23.4 Å². The Morgan fingerprint density at radius 2 is 1.75 bits per heavy atom. The zero-order valence-electron chi connectivity index (χ0n) is 18.8. The Morgan fingerprint density at radius 1 is 1.09 bits per heavy atom. The molecule has 1 atom stereocenters. The van der Waals surface area contributed by atoms with Gasteiger partial charge in [-0.05, 0) is 50.7 Å². The van der Waals surface area contributed by atoms with Crippen LogP contribution < -0.4 is 10.1 Å². The summed E-state index contributed by atoms with van der Waals surface area (Å²) >= 11 is 6.36. The Balaban J connectivity index is 1.41. The molecule has 0 radical (unpaired) electrons. The van der Waals surface area contributed by atoms with E-state index in [1.807, 2.05) is 73.6 Å². The zero-order valence-corrected chi connectivity index (χ0v) is 19.6. The first-order chi connectivity index (χ1) is 15.5. The molecule has 0 bridgehead atoms. The van der Waals surface area contributed by atoms with Gasteiger partial charge in [-0.1, -0.05) is 48.0 Å². The van der Waals surface area contributed by atoms with Crippen molar-refractivity contribution in [1.29, 1.82) is 0 Å². The van der Waals surface area contributed by atoms with Crippen molar-refractivity contribution in [2.24, 2.45) is 5.92 Å². The predicted molar refractivity (Wildman–Crippen MR) is 127 cm³/mol.